The lowest BCUT2D eigenvalue weighted by Gasteiger charge is -2.23. The van der Waals surface area contributed by atoms with Crippen LogP contribution < -0.4 is 10.6 Å². The molecule has 1 fully saturated rings. The number of sulfone groups is 1. The summed E-state index contributed by atoms with van der Waals surface area (Å²) in [6.45, 7) is 1.63. The van der Waals surface area contributed by atoms with E-state index in [1.54, 1.807) is 6.07 Å². The molecular formula is C14H19ClN2O3S. The van der Waals surface area contributed by atoms with E-state index in [1.807, 2.05) is 12.1 Å². The molecule has 1 atom stereocenters. The maximum atomic E-state index is 12.2. The molecule has 1 aromatic rings. The Bertz CT molecular complexity index is 646. The first-order valence-electron chi connectivity index (χ1n) is 6.87. The van der Waals surface area contributed by atoms with E-state index in [0.717, 1.165) is 25.1 Å². The first-order valence-corrected chi connectivity index (χ1v) is 8.69. The molecule has 2 aliphatic rings. The standard InChI is InChI=1S/C14H18N2O3S.ClH/c17-14(16-13-2-1-5-20(18,19)9-13)10-3-4-11-7-15-8-12(11)6-10;/h3-4,6,13,15H,1-2,5,7-9H2,(H,16,17);1H. The second kappa shape index (κ2) is 6.34. The molecule has 2 N–H and O–H groups in total. The Morgan fingerprint density at radius 1 is 1.24 bits per heavy atom. The summed E-state index contributed by atoms with van der Waals surface area (Å²) in [7, 11) is -2.99. The van der Waals surface area contributed by atoms with Crippen LogP contribution in [0, 0.1) is 0 Å². The second-order valence-electron chi connectivity index (χ2n) is 5.51. The lowest BCUT2D eigenvalue weighted by atomic mass is 10.1. The molecule has 3 rings (SSSR count). The Hall–Kier alpha value is -1.11. The normalized spacial score (nSPS) is 23.0. The van der Waals surface area contributed by atoms with Gasteiger partial charge in [-0.3, -0.25) is 4.79 Å². The highest BCUT2D eigenvalue weighted by atomic mass is 35.5. The summed E-state index contributed by atoms with van der Waals surface area (Å²) < 4.78 is 23.1. The number of nitrogens with one attached hydrogen (secondary N) is 2. The highest BCUT2D eigenvalue weighted by molar-refractivity contribution is 7.91. The number of carbonyl (C=O) groups is 1. The number of amides is 1. The zero-order valence-corrected chi connectivity index (χ0v) is 13.2. The molecule has 0 spiro atoms. The fourth-order valence-corrected chi connectivity index (χ4v) is 4.48. The minimum absolute atomic E-state index is 0. The van der Waals surface area contributed by atoms with Gasteiger partial charge in [-0.15, -0.1) is 12.4 Å². The van der Waals surface area contributed by atoms with Crippen molar-refractivity contribution in [1.29, 1.82) is 0 Å². The molecule has 21 heavy (non-hydrogen) atoms. The summed E-state index contributed by atoms with van der Waals surface area (Å²) in [5.74, 6) is 0.122. The van der Waals surface area contributed by atoms with Crippen molar-refractivity contribution in [2.24, 2.45) is 0 Å². The number of fused-ring (bicyclic) bond motifs is 1. The smallest absolute Gasteiger partial charge is 0.251 e. The molecule has 2 aliphatic heterocycles. The maximum absolute atomic E-state index is 12.2. The van der Waals surface area contributed by atoms with Crippen molar-refractivity contribution in [1.82, 2.24) is 10.6 Å². The van der Waals surface area contributed by atoms with Crippen LogP contribution in [-0.2, 0) is 22.9 Å². The summed E-state index contributed by atoms with van der Waals surface area (Å²) in [5, 5.41) is 6.08. The Kier molecular flexibility index (Phi) is 4.91. The van der Waals surface area contributed by atoms with E-state index in [0.29, 0.717) is 12.0 Å². The average molecular weight is 331 g/mol. The van der Waals surface area contributed by atoms with Crippen LogP contribution in [0.2, 0.25) is 0 Å². The van der Waals surface area contributed by atoms with Crippen molar-refractivity contribution in [3.8, 4) is 0 Å². The van der Waals surface area contributed by atoms with E-state index < -0.39 is 9.84 Å². The molecule has 1 amide bonds. The van der Waals surface area contributed by atoms with Crippen LogP contribution in [0.1, 0.15) is 34.3 Å². The molecule has 1 aromatic carbocycles. The van der Waals surface area contributed by atoms with Gasteiger partial charge in [0.25, 0.3) is 5.91 Å². The molecule has 0 aromatic heterocycles. The summed E-state index contributed by atoms with van der Waals surface area (Å²) in [5.41, 5.74) is 2.98. The Morgan fingerprint density at radius 3 is 2.76 bits per heavy atom. The lowest BCUT2D eigenvalue weighted by Crippen LogP contribution is -2.43. The van der Waals surface area contributed by atoms with Gasteiger partial charge in [-0.1, -0.05) is 6.07 Å². The largest absolute Gasteiger partial charge is 0.348 e. The molecule has 2 heterocycles. The number of carbonyl (C=O) groups excluding carboxylic acids is 1. The SMILES string of the molecule is Cl.O=C(NC1CCCS(=O)(=O)C1)c1ccc2c(c1)CNC2. The maximum Gasteiger partial charge on any atom is 0.251 e. The minimum atomic E-state index is -2.99. The van der Waals surface area contributed by atoms with Crippen LogP contribution >= 0.6 is 12.4 Å². The van der Waals surface area contributed by atoms with Crippen molar-refractivity contribution in [3.05, 3.63) is 34.9 Å². The quantitative estimate of drug-likeness (QED) is 0.849. The zero-order chi connectivity index (χ0) is 14.2. The third kappa shape index (κ3) is 3.75. The number of hydrogen-bond acceptors (Lipinski definition) is 4. The number of halogens is 1. The van der Waals surface area contributed by atoms with Gasteiger partial charge in [0.15, 0.2) is 9.84 Å². The van der Waals surface area contributed by atoms with E-state index in [4.69, 9.17) is 0 Å². The molecule has 0 saturated carbocycles. The van der Waals surface area contributed by atoms with Gasteiger partial charge < -0.3 is 10.6 Å². The van der Waals surface area contributed by atoms with Crippen molar-refractivity contribution >= 4 is 28.2 Å². The van der Waals surface area contributed by atoms with Crippen LogP contribution in [-0.4, -0.2) is 31.9 Å². The highest BCUT2D eigenvalue weighted by Crippen LogP contribution is 2.18. The minimum Gasteiger partial charge on any atom is -0.348 e. The number of rotatable bonds is 2. The Balaban J connectivity index is 0.00000161. The molecular weight excluding hydrogens is 312 g/mol. The highest BCUT2D eigenvalue weighted by Gasteiger charge is 2.26. The number of hydrogen-bond donors (Lipinski definition) is 2. The summed E-state index contributed by atoms with van der Waals surface area (Å²) in [4.78, 5) is 12.2. The molecule has 0 bridgehead atoms. The van der Waals surface area contributed by atoms with E-state index in [1.165, 1.54) is 5.56 Å². The first kappa shape index (κ1) is 16.3. The van der Waals surface area contributed by atoms with Crippen molar-refractivity contribution in [2.75, 3.05) is 11.5 Å². The lowest BCUT2D eigenvalue weighted by molar-refractivity contribution is 0.0938. The molecule has 0 radical (unpaired) electrons. The predicted octanol–water partition coefficient (Wildman–Crippen LogP) is 1.02. The molecule has 1 saturated heterocycles. The predicted molar refractivity (Wildman–Crippen MR) is 83.4 cm³/mol. The third-order valence-corrected chi connectivity index (χ3v) is 5.72. The zero-order valence-electron chi connectivity index (χ0n) is 11.6. The van der Waals surface area contributed by atoms with Crippen LogP contribution in [0.25, 0.3) is 0 Å². The third-order valence-electron chi connectivity index (χ3n) is 3.90. The van der Waals surface area contributed by atoms with Gasteiger partial charge >= 0.3 is 0 Å². The Labute approximate surface area is 130 Å². The van der Waals surface area contributed by atoms with Crippen molar-refractivity contribution < 1.29 is 13.2 Å². The molecule has 1 unspecified atom stereocenters. The summed E-state index contributed by atoms with van der Waals surface area (Å²) >= 11 is 0. The molecule has 5 nitrogen and oxygen atoms in total. The van der Waals surface area contributed by atoms with Crippen LogP contribution in [0.4, 0.5) is 0 Å². The molecule has 7 heteroatoms. The van der Waals surface area contributed by atoms with Gasteiger partial charge in [-0.2, -0.15) is 0 Å². The van der Waals surface area contributed by atoms with Gasteiger partial charge in [-0.05, 0) is 36.1 Å². The summed E-state index contributed by atoms with van der Waals surface area (Å²) in [6.07, 6.45) is 1.36. The fourth-order valence-electron chi connectivity index (χ4n) is 2.84. The van der Waals surface area contributed by atoms with E-state index in [2.05, 4.69) is 10.6 Å². The van der Waals surface area contributed by atoms with E-state index in [9.17, 15) is 13.2 Å². The summed E-state index contributed by atoms with van der Waals surface area (Å²) in [6, 6.07) is 5.40. The van der Waals surface area contributed by atoms with Gasteiger partial charge in [0.05, 0.1) is 11.5 Å². The topological polar surface area (TPSA) is 75.3 Å². The molecule has 116 valence electrons. The van der Waals surface area contributed by atoms with Gasteiger partial charge in [0, 0.05) is 24.7 Å². The van der Waals surface area contributed by atoms with E-state index in [-0.39, 0.29) is 35.9 Å². The van der Waals surface area contributed by atoms with Gasteiger partial charge in [0.1, 0.15) is 0 Å². The number of benzene rings is 1. The van der Waals surface area contributed by atoms with E-state index >= 15 is 0 Å². The van der Waals surface area contributed by atoms with Crippen molar-refractivity contribution in [3.63, 3.8) is 0 Å². The van der Waals surface area contributed by atoms with Crippen LogP contribution in [0.5, 0.6) is 0 Å². The average Bonchev–Trinajstić information content (AvgIpc) is 2.84. The van der Waals surface area contributed by atoms with Gasteiger partial charge in [0.2, 0.25) is 0 Å². The van der Waals surface area contributed by atoms with Gasteiger partial charge in [-0.25, -0.2) is 8.42 Å². The molecule has 0 aliphatic carbocycles. The Morgan fingerprint density at radius 2 is 2.00 bits per heavy atom. The van der Waals surface area contributed by atoms with Crippen LogP contribution in [0.3, 0.4) is 0 Å². The van der Waals surface area contributed by atoms with Crippen LogP contribution in [0.15, 0.2) is 18.2 Å². The second-order valence-corrected chi connectivity index (χ2v) is 7.74. The first-order chi connectivity index (χ1) is 9.53. The monoisotopic (exact) mass is 330 g/mol. The fraction of sp³-hybridized carbons (Fsp3) is 0.500. The van der Waals surface area contributed by atoms with Crippen molar-refractivity contribution in [2.45, 2.75) is 32.0 Å².